The van der Waals surface area contributed by atoms with Gasteiger partial charge in [0.2, 0.25) is 0 Å². The molecule has 0 bridgehead atoms. The Morgan fingerprint density at radius 1 is 0.964 bits per heavy atom. The third-order valence-corrected chi connectivity index (χ3v) is 5.15. The van der Waals surface area contributed by atoms with Gasteiger partial charge < -0.3 is 31.3 Å². The number of carbonyl (C=O) groups is 1. The summed E-state index contributed by atoms with van der Waals surface area (Å²) < 4.78 is 0. The summed E-state index contributed by atoms with van der Waals surface area (Å²) in [6, 6.07) is 0. The molecule has 0 fully saturated rings. The van der Waals surface area contributed by atoms with Crippen molar-refractivity contribution < 1.29 is 30.3 Å². The zero-order chi connectivity index (χ0) is 21.4. The average molecular weight is 404 g/mol. The van der Waals surface area contributed by atoms with Gasteiger partial charge >= 0.3 is 5.97 Å². The van der Waals surface area contributed by atoms with Crippen LogP contribution in [0.1, 0.15) is 84.0 Å². The van der Waals surface area contributed by atoms with E-state index in [9.17, 15) is 20.1 Å². The van der Waals surface area contributed by atoms with Gasteiger partial charge in [-0.1, -0.05) is 64.0 Å². The molecule has 7 nitrogen and oxygen atoms in total. The summed E-state index contributed by atoms with van der Waals surface area (Å²) in [5, 5.41) is 47.7. The van der Waals surface area contributed by atoms with Crippen molar-refractivity contribution in [3.05, 3.63) is 12.2 Å². The predicted molar refractivity (Wildman–Crippen MR) is 110 cm³/mol. The summed E-state index contributed by atoms with van der Waals surface area (Å²) in [5.41, 5.74) is 3.17. The molecule has 7 N–H and O–H groups in total. The van der Waals surface area contributed by atoms with Crippen LogP contribution in [0.5, 0.6) is 0 Å². The lowest BCUT2D eigenvalue weighted by atomic mass is 9.89. The first-order valence-corrected chi connectivity index (χ1v) is 10.6. The number of hydrogen-bond acceptors (Lipinski definition) is 6. The van der Waals surface area contributed by atoms with Crippen LogP contribution in [-0.2, 0) is 4.79 Å². The van der Waals surface area contributed by atoms with Crippen LogP contribution in [-0.4, -0.2) is 62.0 Å². The van der Waals surface area contributed by atoms with Crippen LogP contribution in [0.2, 0.25) is 0 Å². The van der Waals surface area contributed by atoms with Crippen LogP contribution < -0.4 is 5.73 Å². The molecule has 4 atom stereocenters. The second-order valence-electron chi connectivity index (χ2n) is 7.72. The topological polar surface area (TPSA) is 144 Å². The molecule has 0 heterocycles. The van der Waals surface area contributed by atoms with Gasteiger partial charge in [-0.05, 0) is 32.1 Å². The average Bonchev–Trinajstić information content (AvgIpc) is 2.68. The van der Waals surface area contributed by atoms with Gasteiger partial charge in [0.05, 0.1) is 18.8 Å². The Morgan fingerprint density at radius 2 is 1.54 bits per heavy atom. The first kappa shape index (κ1) is 27.0. The van der Waals surface area contributed by atoms with Gasteiger partial charge in [0, 0.05) is 0 Å². The van der Waals surface area contributed by atoms with Crippen LogP contribution in [0.4, 0.5) is 0 Å². The molecular weight excluding hydrogens is 362 g/mol. The normalized spacial score (nSPS) is 17.4. The second-order valence-corrected chi connectivity index (χ2v) is 7.72. The van der Waals surface area contributed by atoms with Gasteiger partial charge in [0.25, 0.3) is 0 Å². The lowest BCUT2D eigenvalue weighted by Gasteiger charge is -2.30. The molecule has 0 radical (unpaired) electrons. The minimum Gasteiger partial charge on any atom is -0.480 e. The zero-order valence-electron chi connectivity index (χ0n) is 17.3. The number of rotatable bonds is 18. The first-order valence-electron chi connectivity index (χ1n) is 10.6. The van der Waals surface area contributed by atoms with E-state index < -0.39 is 30.3 Å². The molecule has 0 aromatic heterocycles. The Morgan fingerprint density at radius 3 is 2.07 bits per heavy atom. The van der Waals surface area contributed by atoms with E-state index in [1.807, 2.05) is 6.08 Å². The number of carboxylic acids is 1. The summed E-state index contributed by atoms with van der Waals surface area (Å²) in [4.78, 5) is 11.0. The maximum atomic E-state index is 11.0. The molecule has 0 aliphatic heterocycles. The molecule has 0 aliphatic rings. The Hall–Kier alpha value is -0.990. The van der Waals surface area contributed by atoms with E-state index >= 15 is 0 Å². The number of unbranched alkanes of at least 4 members (excludes halogenated alkanes) is 7. The fraction of sp³-hybridized carbons (Fsp3) is 0.857. The lowest BCUT2D eigenvalue weighted by Crippen LogP contribution is -2.63. The third kappa shape index (κ3) is 11.1. The fourth-order valence-corrected chi connectivity index (χ4v) is 3.06. The maximum absolute atomic E-state index is 11.0. The summed E-state index contributed by atoms with van der Waals surface area (Å²) >= 11 is 0. The van der Waals surface area contributed by atoms with Crippen LogP contribution >= 0.6 is 0 Å². The zero-order valence-corrected chi connectivity index (χ0v) is 17.3. The second kappa shape index (κ2) is 15.9. The van der Waals surface area contributed by atoms with Gasteiger partial charge in [-0.15, -0.1) is 0 Å². The van der Waals surface area contributed by atoms with Crippen LogP contribution in [0.25, 0.3) is 0 Å². The molecule has 0 aromatic carbocycles. The summed E-state index contributed by atoms with van der Waals surface area (Å²) in [7, 11) is 0. The molecule has 0 amide bonds. The highest BCUT2D eigenvalue weighted by Crippen LogP contribution is 2.15. The van der Waals surface area contributed by atoms with Crippen molar-refractivity contribution in [2.75, 3.05) is 6.61 Å². The largest absolute Gasteiger partial charge is 0.480 e. The van der Waals surface area contributed by atoms with Gasteiger partial charge in [-0.3, -0.25) is 4.79 Å². The molecule has 166 valence electrons. The molecule has 7 heteroatoms. The van der Waals surface area contributed by atoms with E-state index in [1.54, 1.807) is 6.08 Å². The summed E-state index contributed by atoms with van der Waals surface area (Å²) in [6.45, 7) is 1.22. The monoisotopic (exact) mass is 403 g/mol. The van der Waals surface area contributed by atoms with Crippen LogP contribution in [0.15, 0.2) is 12.2 Å². The SMILES string of the molecule is CCCCCC[C@H](O)CCCCCC/C=C/C[C@@H](O)[C@H](O)[C@@](N)(CO)C(=O)O. The summed E-state index contributed by atoms with van der Waals surface area (Å²) in [5.74, 6) is -1.56. The lowest BCUT2D eigenvalue weighted by molar-refractivity contribution is -0.154. The number of carboxylic acid groups (broad SMARTS) is 1. The Bertz CT molecular complexity index is 431. The molecule has 0 aliphatic carbocycles. The van der Waals surface area contributed by atoms with Crippen molar-refractivity contribution in [1.82, 2.24) is 0 Å². The number of aliphatic hydroxyl groups excluding tert-OH is 4. The van der Waals surface area contributed by atoms with Crippen molar-refractivity contribution >= 4 is 5.97 Å². The standard InChI is InChI=1S/C21H41NO6/c1-2-3-4-10-13-17(24)14-11-8-6-5-7-9-12-15-18(25)19(26)21(22,16-23)20(27)28/h9,12,17-19,23-26H,2-8,10-11,13-16,22H2,1H3,(H,27,28)/b12-9+/t17-,18+,19-,21-/m0/s1. The third-order valence-electron chi connectivity index (χ3n) is 5.15. The molecule has 0 rings (SSSR count). The number of hydrogen-bond donors (Lipinski definition) is 6. The van der Waals surface area contributed by atoms with E-state index in [1.165, 1.54) is 19.3 Å². The van der Waals surface area contributed by atoms with Gasteiger partial charge in [-0.2, -0.15) is 0 Å². The van der Waals surface area contributed by atoms with Crippen molar-refractivity contribution in [1.29, 1.82) is 0 Å². The molecular formula is C21H41NO6. The van der Waals surface area contributed by atoms with Crippen LogP contribution in [0.3, 0.4) is 0 Å². The molecule has 0 saturated heterocycles. The smallest absolute Gasteiger partial charge is 0.328 e. The molecule has 0 saturated carbocycles. The van der Waals surface area contributed by atoms with Gasteiger partial charge in [0.15, 0.2) is 5.54 Å². The number of allylic oxidation sites excluding steroid dienone is 1. The predicted octanol–water partition coefficient (Wildman–Crippen LogP) is 2.10. The Labute approximate surface area is 169 Å². The summed E-state index contributed by atoms with van der Waals surface area (Å²) in [6.07, 6.45) is 11.9. The maximum Gasteiger partial charge on any atom is 0.328 e. The number of aliphatic hydroxyl groups is 4. The molecule has 0 aromatic rings. The molecule has 0 unspecified atom stereocenters. The highest BCUT2D eigenvalue weighted by Gasteiger charge is 2.44. The highest BCUT2D eigenvalue weighted by atomic mass is 16.4. The van der Waals surface area contributed by atoms with Gasteiger partial charge in [-0.25, -0.2) is 0 Å². The minimum atomic E-state index is -2.27. The van der Waals surface area contributed by atoms with Crippen molar-refractivity contribution in [3.63, 3.8) is 0 Å². The number of aliphatic carboxylic acids is 1. The quantitative estimate of drug-likeness (QED) is 0.152. The Kier molecular flexibility index (Phi) is 15.3. The molecule has 0 spiro atoms. The van der Waals surface area contributed by atoms with E-state index in [-0.39, 0.29) is 12.5 Å². The number of nitrogens with two attached hydrogens (primary N) is 1. The van der Waals surface area contributed by atoms with Crippen molar-refractivity contribution in [3.8, 4) is 0 Å². The van der Waals surface area contributed by atoms with E-state index in [0.29, 0.717) is 0 Å². The van der Waals surface area contributed by atoms with Gasteiger partial charge in [0.1, 0.15) is 6.10 Å². The first-order chi connectivity index (χ1) is 13.3. The van der Waals surface area contributed by atoms with E-state index in [4.69, 9.17) is 15.9 Å². The molecule has 28 heavy (non-hydrogen) atoms. The fourth-order valence-electron chi connectivity index (χ4n) is 3.06. The van der Waals surface area contributed by atoms with Crippen molar-refractivity contribution in [2.45, 2.75) is 108 Å². The van der Waals surface area contributed by atoms with E-state index in [2.05, 4.69) is 6.92 Å². The minimum absolute atomic E-state index is 0.0671. The van der Waals surface area contributed by atoms with E-state index in [0.717, 1.165) is 51.4 Å². The Balaban J connectivity index is 3.79. The highest BCUT2D eigenvalue weighted by molar-refractivity contribution is 5.79. The van der Waals surface area contributed by atoms with Crippen molar-refractivity contribution in [2.24, 2.45) is 5.73 Å². The van der Waals surface area contributed by atoms with Crippen LogP contribution in [0, 0.1) is 0 Å².